The van der Waals surface area contributed by atoms with Crippen LogP contribution in [-0.4, -0.2) is 23.5 Å². The van der Waals surface area contributed by atoms with Crippen LogP contribution in [0.2, 0.25) is 0 Å². The number of para-hydroxylation sites is 1. The van der Waals surface area contributed by atoms with Crippen molar-refractivity contribution in [3.63, 3.8) is 0 Å². The topological polar surface area (TPSA) is 70.8 Å². The van der Waals surface area contributed by atoms with Gasteiger partial charge >= 0.3 is 5.97 Å². The van der Waals surface area contributed by atoms with Crippen LogP contribution in [0.5, 0.6) is 0 Å². The van der Waals surface area contributed by atoms with Crippen molar-refractivity contribution in [3.8, 4) is 0 Å². The molecule has 6 heteroatoms. The number of furan rings is 1. The second-order valence-electron chi connectivity index (χ2n) is 3.73. The van der Waals surface area contributed by atoms with E-state index in [2.05, 4.69) is 15.9 Å². The van der Waals surface area contributed by atoms with Crippen molar-refractivity contribution >= 4 is 33.5 Å². The molecule has 0 saturated carbocycles. The molecule has 2 rings (SSSR count). The van der Waals surface area contributed by atoms with Gasteiger partial charge in [-0.1, -0.05) is 18.2 Å². The van der Waals surface area contributed by atoms with Gasteiger partial charge in [0.05, 0.1) is 11.8 Å². The maximum Gasteiger partial charge on any atom is 0.323 e. The van der Waals surface area contributed by atoms with E-state index in [9.17, 15) is 9.59 Å². The number of hydrogen-bond acceptors (Lipinski definition) is 3. The van der Waals surface area contributed by atoms with Crippen LogP contribution in [0, 0.1) is 0 Å². The summed E-state index contributed by atoms with van der Waals surface area (Å²) in [5.74, 6) is -1.52. The first-order valence-corrected chi connectivity index (χ1v) is 6.20. The van der Waals surface area contributed by atoms with Crippen LogP contribution < -0.4 is 4.90 Å². The van der Waals surface area contributed by atoms with E-state index in [1.165, 1.54) is 17.2 Å². The zero-order valence-electron chi connectivity index (χ0n) is 9.75. The lowest BCUT2D eigenvalue weighted by atomic mass is 10.2. The molecule has 0 radical (unpaired) electrons. The molecule has 2 aromatic rings. The fourth-order valence-corrected chi connectivity index (χ4v) is 2.02. The number of carboxylic acid groups (broad SMARTS) is 1. The zero-order chi connectivity index (χ0) is 13.8. The number of anilines is 1. The lowest BCUT2D eigenvalue weighted by molar-refractivity contribution is -0.135. The van der Waals surface area contributed by atoms with Crippen LogP contribution >= 0.6 is 15.9 Å². The van der Waals surface area contributed by atoms with Gasteiger partial charge in [0.25, 0.3) is 5.91 Å². The number of rotatable bonds is 4. The molecule has 1 amide bonds. The number of hydrogen-bond donors (Lipinski definition) is 1. The number of carbonyl (C=O) groups excluding carboxylic acids is 1. The minimum absolute atomic E-state index is 0.281. The molecule has 1 aromatic heterocycles. The van der Waals surface area contributed by atoms with Gasteiger partial charge in [0.2, 0.25) is 0 Å². The molecule has 1 aromatic carbocycles. The Morgan fingerprint density at radius 1 is 1.21 bits per heavy atom. The molecule has 0 bridgehead atoms. The Hall–Kier alpha value is -2.08. The molecule has 0 aliphatic carbocycles. The van der Waals surface area contributed by atoms with Crippen LogP contribution in [0.15, 0.2) is 51.7 Å². The SMILES string of the molecule is O=C(O)CN(C(=O)c1ccoc1Br)c1ccccc1. The Morgan fingerprint density at radius 2 is 1.89 bits per heavy atom. The van der Waals surface area contributed by atoms with E-state index >= 15 is 0 Å². The van der Waals surface area contributed by atoms with Gasteiger partial charge < -0.3 is 9.52 Å². The van der Waals surface area contributed by atoms with Gasteiger partial charge in [0.1, 0.15) is 6.54 Å². The lowest BCUT2D eigenvalue weighted by Crippen LogP contribution is -2.35. The predicted octanol–water partition coefficient (Wildman–Crippen LogP) is 2.77. The maximum atomic E-state index is 12.3. The van der Waals surface area contributed by atoms with E-state index in [4.69, 9.17) is 9.52 Å². The smallest absolute Gasteiger partial charge is 0.323 e. The fraction of sp³-hybridized carbons (Fsp3) is 0.0769. The summed E-state index contributed by atoms with van der Waals surface area (Å²) in [5.41, 5.74) is 0.799. The first kappa shape index (κ1) is 13.4. The zero-order valence-corrected chi connectivity index (χ0v) is 11.3. The van der Waals surface area contributed by atoms with Crippen molar-refractivity contribution in [3.05, 3.63) is 52.9 Å². The molecule has 0 aliphatic heterocycles. The summed E-state index contributed by atoms with van der Waals surface area (Å²) in [6.07, 6.45) is 1.36. The van der Waals surface area contributed by atoms with E-state index in [0.29, 0.717) is 5.69 Å². The second kappa shape index (κ2) is 5.71. The third-order valence-electron chi connectivity index (χ3n) is 2.45. The minimum atomic E-state index is -1.09. The van der Waals surface area contributed by atoms with Crippen molar-refractivity contribution < 1.29 is 19.1 Å². The summed E-state index contributed by atoms with van der Waals surface area (Å²) < 4.78 is 5.28. The number of halogens is 1. The molecule has 19 heavy (non-hydrogen) atoms. The maximum absolute atomic E-state index is 12.3. The molecule has 0 unspecified atom stereocenters. The Kier molecular flexibility index (Phi) is 4.01. The highest BCUT2D eigenvalue weighted by atomic mass is 79.9. The summed E-state index contributed by atoms with van der Waals surface area (Å²) in [4.78, 5) is 24.4. The minimum Gasteiger partial charge on any atom is -0.480 e. The van der Waals surface area contributed by atoms with E-state index in [0.717, 1.165) is 0 Å². The Balaban J connectivity index is 2.36. The first-order chi connectivity index (χ1) is 9.09. The van der Waals surface area contributed by atoms with E-state index in [1.807, 2.05) is 0 Å². The summed E-state index contributed by atoms with van der Waals surface area (Å²) in [7, 11) is 0. The fourth-order valence-electron chi connectivity index (χ4n) is 1.62. The summed E-state index contributed by atoms with van der Waals surface area (Å²) in [6.45, 7) is -0.416. The molecule has 5 nitrogen and oxygen atoms in total. The number of aliphatic carboxylic acids is 1. The van der Waals surface area contributed by atoms with Crippen LogP contribution in [-0.2, 0) is 4.79 Å². The van der Waals surface area contributed by atoms with Gasteiger partial charge in [-0.05, 0) is 34.1 Å². The number of nitrogens with zero attached hydrogens (tertiary/aromatic N) is 1. The van der Waals surface area contributed by atoms with Gasteiger partial charge in [-0.3, -0.25) is 14.5 Å². The summed E-state index contributed by atoms with van der Waals surface area (Å²) in [6, 6.07) is 10.1. The van der Waals surface area contributed by atoms with Crippen molar-refractivity contribution in [1.29, 1.82) is 0 Å². The van der Waals surface area contributed by atoms with Crippen molar-refractivity contribution in [2.24, 2.45) is 0 Å². The van der Waals surface area contributed by atoms with E-state index < -0.39 is 18.4 Å². The molecule has 0 saturated heterocycles. The van der Waals surface area contributed by atoms with E-state index in [-0.39, 0.29) is 10.2 Å². The average molecular weight is 324 g/mol. The van der Waals surface area contributed by atoms with E-state index in [1.54, 1.807) is 30.3 Å². The normalized spacial score (nSPS) is 10.2. The van der Waals surface area contributed by atoms with Gasteiger partial charge in [0.15, 0.2) is 4.67 Å². The first-order valence-electron chi connectivity index (χ1n) is 5.41. The quantitative estimate of drug-likeness (QED) is 0.939. The van der Waals surface area contributed by atoms with Crippen molar-refractivity contribution in [2.45, 2.75) is 0 Å². The number of carbonyl (C=O) groups is 2. The standard InChI is InChI=1S/C13H10BrNO4/c14-12-10(6-7-19-12)13(18)15(8-11(16)17)9-4-2-1-3-5-9/h1-7H,8H2,(H,16,17). The largest absolute Gasteiger partial charge is 0.480 e. The molecular weight excluding hydrogens is 314 g/mol. The molecule has 1 N–H and O–H groups in total. The molecular formula is C13H10BrNO4. The number of benzene rings is 1. The molecule has 0 spiro atoms. The van der Waals surface area contributed by atoms with Gasteiger partial charge in [-0.2, -0.15) is 0 Å². The van der Waals surface area contributed by atoms with Crippen LogP contribution in [0.1, 0.15) is 10.4 Å². The molecule has 0 aliphatic rings. The highest BCUT2D eigenvalue weighted by Crippen LogP contribution is 2.22. The summed E-state index contributed by atoms with van der Waals surface area (Å²) >= 11 is 3.11. The third-order valence-corrected chi connectivity index (χ3v) is 3.07. The lowest BCUT2D eigenvalue weighted by Gasteiger charge is -2.20. The average Bonchev–Trinajstić information content (AvgIpc) is 2.82. The van der Waals surface area contributed by atoms with Gasteiger partial charge in [0, 0.05) is 5.69 Å². The van der Waals surface area contributed by atoms with Gasteiger partial charge in [-0.15, -0.1) is 0 Å². The highest BCUT2D eigenvalue weighted by molar-refractivity contribution is 9.10. The molecule has 1 heterocycles. The Morgan fingerprint density at radius 3 is 2.42 bits per heavy atom. The number of amides is 1. The predicted molar refractivity (Wildman–Crippen MR) is 72.2 cm³/mol. The Labute approximate surface area is 117 Å². The third kappa shape index (κ3) is 3.03. The van der Waals surface area contributed by atoms with Crippen molar-refractivity contribution in [2.75, 3.05) is 11.4 Å². The second-order valence-corrected chi connectivity index (χ2v) is 4.45. The highest BCUT2D eigenvalue weighted by Gasteiger charge is 2.23. The summed E-state index contributed by atoms with van der Waals surface area (Å²) in [5, 5.41) is 8.93. The number of carboxylic acids is 1. The van der Waals surface area contributed by atoms with Gasteiger partial charge in [-0.25, -0.2) is 0 Å². The van der Waals surface area contributed by atoms with Crippen molar-refractivity contribution in [1.82, 2.24) is 0 Å². The molecule has 0 fully saturated rings. The molecule has 98 valence electrons. The van der Waals surface area contributed by atoms with Crippen LogP contribution in [0.4, 0.5) is 5.69 Å². The van der Waals surface area contributed by atoms with Crippen LogP contribution in [0.25, 0.3) is 0 Å². The Bertz CT molecular complexity index is 594. The molecule has 0 atom stereocenters. The monoisotopic (exact) mass is 323 g/mol. The van der Waals surface area contributed by atoms with Crippen LogP contribution in [0.3, 0.4) is 0 Å².